The summed E-state index contributed by atoms with van der Waals surface area (Å²) in [5, 5.41) is 0.709. The van der Waals surface area contributed by atoms with Gasteiger partial charge >= 0.3 is 11.9 Å². The maximum atomic E-state index is 13.9. The number of carbonyl (C=O) groups is 2. The Morgan fingerprint density at radius 3 is 2.19 bits per heavy atom. The number of ether oxygens (including phenoxy) is 2. The minimum atomic E-state index is -1.16. The van der Waals surface area contributed by atoms with Gasteiger partial charge < -0.3 is 25.9 Å². The summed E-state index contributed by atoms with van der Waals surface area (Å²) in [5.41, 5.74) is 10.0. The minimum Gasteiger partial charge on any atom is -0.464 e. The van der Waals surface area contributed by atoms with Crippen LogP contribution in [0.15, 0.2) is 28.0 Å². The summed E-state index contributed by atoms with van der Waals surface area (Å²) in [4.78, 5) is 23.4. The number of carbonyl (C=O) groups excluding carboxylic acids is 2. The lowest BCUT2D eigenvalue weighted by molar-refractivity contribution is -0.141. The predicted molar refractivity (Wildman–Crippen MR) is 98.5 cm³/mol. The molecule has 0 aliphatic heterocycles. The average Bonchev–Trinajstić information content (AvgIpc) is 2.65. The number of hydrazine groups is 1. The van der Waals surface area contributed by atoms with E-state index in [2.05, 4.69) is 25.4 Å². The first-order chi connectivity index (χ1) is 12.6. The molecule has 0 bridgehead atoms. The van der Waals surface area contributed by atoms with Gasteiger partial charge in [0.25, 0.3) is 0 Å². The van der Waals surface area contributed by atoms with E-state index in [1.165, 1.54) is 6.07 Å². The molecule has 11 heteroatoms. The Kier molecular flexibility index (Phi) is 10.5. The van der Waals surface area contributed by atoms with Gasteiger partial charge in [-0.25, -0.2) is 24.2 Å². The van der Waals surface area contributed by atoms with E-state index >= 15 is 0 Å². The molecule has 0 aliphatic carbocycles. The lowest BCUT2D eigenvalue weighted by Gasteiger charge is -2.25. The molecule has 0 amide bonds. The highest BCUT2D eigenvalue weighted by Crippen LogP contribution is 2.24. The molecule has 0 aliphatic rings. The Bertz CT molecular complexity index is 716. The van der Waals surface area contributed by atoms with Crippen molar-refractivity contribution in [3.8, 4) is 0 Å². The van der Waals surface area contributed by atoms with Crippen molar-refractivity contribution in [3.05, 3.63) is 45.2 Å². The van der Waals surface area contributed by atoms with Gasteiger partial charge in [-0.2, -0.15) is 0 Å². The van der Waals surface area contributed by atoms with Crippen LogP contribution in [0, 0.1) is 11.6 Å². The lowest BCUT2D eigenvalue weighted by Crippen LogP contribution is -2.42. The monoisotopic (exact) mass is 452 g/mol. The fourth-order valence-electron chi connectivity index (χ4n) is 1.93. The van der Waals surface area contributed by atoms with E-state index in [0.29, 0.717) is 5.01 Å². The number of hydrogen-bond donors (Lipinski definition) is 3. The van der Waals surface area contributed by atoms with Crippen molar-refractivity contribution in [1.29, 1.82) is 0 Å². The molecule has 1 unspecified atom stereocenters. The highest BCUT2D eigenvalue weighted by atomic mass is 79.9. The van der Waals surface area contributed by atoms with Crippen LogP contribution in [-0.4, -0.2) is 37.7 Å². The van der Waals surface area contributed by atoms with E-state index in [0.717, 1.165) is 20.3 Å². The zero-order chi connectivity index (χ0) is 21.3. The molecule has 0 radical (unpaired) electrons. The molecule has 0 fully saturated rings. The Morgan fingerprint density at radius 1 is 1.19 bits per heavy atom. The Morgan fingerprint density at radius 2 is 1.70 bits per heavy atom. The van der Waals surface area contributed by atoms with Gasteiger partial charge in [0, 0.05) is 10.0 Å². The highest BCUT2D eigenvalue weighted by Gasteiger charge is 2.27. The second kappa shape index (κ2) is 11.5. The quantitative estimate of drug-likeness (QED) is 0.194. The van der Waals surface area contributed by atoms with Gasteiger partial charge in [0.2, 0.25) is 0 Å². The molecule has 1 atom stereocenters. The number of halogens is 3. The number of methoxy groups -OCH3 is 2. The zero-order valence-electron chi connectivity index (χ0n) is 15.4. The molecule has 0 spiro atoms. The number of rotatable bonds is 6. The summed E-state index contributed by atoms with van der Waals surface area (Å²) in [6.45, 7) is 3.62. The lowest BCUT2D eigenvalue weighted by atomic mass is 10.1. The molecule has 8 nitrogen and oxygen atoms in total. The van der Waals surface area contributed by atoms with Crippen molar-refractivity contribution in [1.82, 2.24) is 5.01 Å². The van der Waals surface area contributed by atoms with Gasteiger partial charge in [-0.05, 0) is 12.1 Å². The summed E-state index contributed by atoms with van der Waals surface area (Å²) in [7, 11) is 2.10. The van der Waals surface area contributed by atoms with Crippen molar-refractivity contribution in [2.75, 3.05) is 20.8 Å². The topological polar surface area (TPSA) is 134 Å². The average molecular weight is 453 g/mol. The Balaban J connectivity index is 0.00000326. The smallest absolute Gasteiger partial charge is 0.358 e. The SMILES string of the molecule is CC.COC(=O)/C(N)=C(\C(=O)OC)N(N)CC(N)c1cc(Br)cc(F)c1F. The third-order valence-electron chi connectivity index (χ3n) is 3.14. The van der Waals surface area contributed by atoms with E-state index < -0.39 is 41.0 Å². The van der Waals surface area contributed by atoms with Gasteiger partial charge in [-0.3, -0.25) is 0 Å². The molecule has 1 rings (SSSR count). The molecule has 0 heterocycles. The number of nitrogens with two attached hydrogens (primary N) is 3. The van der Waals surface area contributed by atoms with Crippen LogP contribution in [0.3, 0.4) is 0 Å². The van der Waals surface area contributed by atoms with Gasteiger partial charge in [-0.15, -0.1) is 0 Å². The number of hydrogen-bond acceptors (Lipinski definition) is 8. The summed E-state index contributed by atoms with van der Waals surface area (Å²) < 4.78 is 36.6. The van der Waals surface area contributed by atoms with E-state index in [1.54, 1.807) is 0 Å². The molecule has 152 valence electrons. The highest BCUT2D eigenvalue weighted by molar-refractivity contribution is 9.10. The standard InChI is InChI=1S/C14H17BrF2N4O4.C2H6/c1-24-13(22)11(19)12(14(23)25-2)21(20)5-9(18)7-3-6(15)4-8(16)10(7)17;1-2/h3-4,9H,5,18-20H2,1-2H3;1-2H3/b12-11-;. The first-order valence-electron chi connectivity index (χ1n) is 7.72. The van der Waals surface area contributed by atoms with Crippen LogP contribution < -0.4 is 17.3 Å². The van der Waals surface area contributed by atoms with Crippen LogP contribution in [0.25, 0.3) is 0 Å². The molecule has 27 heavy (non-hydrogen) atoms. The van der Waals surface area contributed by atoms with Crippen LogP contribution in [0.2, 0.25) is 0 Å². The minimum absolute atomic E-state index is 0.191. The zero-order valence-corrected chi connectivity index (χ0v) is 17.0. The van der Waals surface area contributed by atoms with Crippen LogP contribution in [0.5, 0.6) is 0 Å². The molecule has 6 N–H and O–H groups in total. The summed E-state index contributed by atoms with van der Waals surface area (Å²) in [6, 6.07) is 1.05. The van der Waals surface area contributed by atoms with Crippen LogP contribution in [-0.2, 0) is 19.1 Å². The molecule has 1 aromatic rings. The van der Waals surface area contributed by atoms with Crippen molar-refractivity contribution in [2.24, 2.45) is 17.3 Å². The number of nitrogens with zero attached hydrogens (tertiary/aromatic N) is 1. The third-order valence-corrected chi connectivity index (χ3v) is 3.60. The first-order valence-corrected chi connectivity index (χ1v) is 8.51. The fraction of sp³-hybridized carbons (Fsp3) is 0.375. The molecule has 1 aromatic carbocycles. The van der Waals surface area contributed by atoms with E-state index in [1.807, 2.05) is 13.8 Å². The normalized spacial score (nSPS) is 12.2. The van der Waals surface area contributed by atoms with Crippen LogP contribution >= 0.6 is 15.9 Å². The molecule has 0 saturated heterocycles. The second-order valence-corrected chi connectivity index (χ2v) is 5.71. The molecule has 0 saturated carbocycles. The molecular weight excluding hydrogens is 430 g/mol. The van der Waals surface area contributed by atoms with Crippen molar-refractivity contribution >= 4 is 27.9 Å². The molecular formula is C16H23BrF2N4O4. The Labute approximate surface area is 164 Å². The third kappa shape index (κ3) is 6.45. The maximum absolute atomic E-state index is 13.9. The van der Waals surface area contributed by atoms with E-state index in [-0.39, 0.29) is 16.6 Å². The summed E-state index contributed by atoms with van der Waals surface area (Å²) in [6.07, 6.45) is 0. The maximum Gasteiger partial charge on any atom is 0.358 e. The summed E-state index contributed by atoms with van der Waals surface area (Å²) >= 11 is 3.02. The largest absolute Gasteiger partial charge is 0.464 e. The van der Waals surface area contributed by atoms with Crippen molar-refractivity contribution in [2.45, 2.75) is 19.9 Å². The van der Waals surface area contributed by atoms with Gasteiger partial charge in [0.05, 0.1) is 26.8 Å². The predicted octanol–water partition coefficient (Wildman–Crippen LogP) is 1.45. The Hall–Kier alpha value is -2.24. The summed E-state index contributed by atoms with van der Waals surface area (Å²) in [5.74, 6) is 1.41. The number of esters is 2. The number of benzene rings is 1. The van der Waals surface area contributed by atoms with Crippen LogP contribution in [0.1, 0.15) is 25.5 Å². The van der Waals surface area contributed by atoms with Crippen molar-refractivity contribution in [3.63, 3.8) is 0 Å². The van der Waals surface area contributed by atoms with Gasteiger partial charge in [0.15, 0.2) is 23.0 Å². The van der Waals surface area contributed by atoms with E-state index in [9.17, 15) is 18.4 Å². The molecule has 0 aromatic heterocycles. The van der Waals surface area contributed by atoms with Gasteiger partial charge in [-0.1, -0.05) is 29.8 Å². The van der Waals surface area contributed by atoms with Crippen molar-refractivity contribution < 1.29 is 27.8 Å². The second-order valence-electron chi connectivity index (χ2n) is 4.80. The van der Waals surface area contributed by atoms with Crippen LogP contribution in [0.4, 0.5) is 8.78 Å². The fourth-order valence-corrected chi connectivity index (χ4v) is 2.38. The first kappa shape index (κ1) is 24.8. The van der Waals surface area contributed by atoms with E-state index in [4.69, 9.17) is 17.3 Å². The van der Waals surface area contributed by atoms with Gasteiger partial charge in [0.1, 0.15) is 0 Å².